The minimum Gasteiger partial charge on any atom is -0.337 e. The highest BCUT2D eigenvalue weighted by Crippen LogP contribution is 2.17. The fourth-order valence-electron chi connectivity index (χ4n) is 1.74. The number of carbonyl (C=O) groups is 1. The normalized spacial score (nSPS) is 9.84. The lowest BCUT2D eigenvalue weighted by atomic mass is 10.2. The van der Waals surface area contributed by atoms with Crippen LogP contribution in [0.1, 0.15) is 25.3 Å². The van der Waals surface area contributed by atoms with Crippen molar-refractivity contribution in [1.82, 2.24) is 10.2 Å². The van der Waals surface area contributed by atoms with Crippen LogP contribution in [0.15, 0.2) is 24.3 Å². The summed E-state index contributed by atoms with van der Waals surface area (Å²) in [5, 5.41) is 3.62. The van der Waals surface area contributed by atoms with Gasteiger partial charge in [-0.1, -0.05) is 43.1 Å². The molecule has 0 unspecified atom stereocenters. The highest BCUT2D eigenvalue weighted by Gasteiger charge is 2.13. The van der Waals surface area contributed by atoms with Crippen molar-refractivity contribution in [2.24, 2.45) is 0 Å². The second-order valence-corrected chi connectivity index (χ2v) is 4.70. The van der Waals surface area contributed by atoms with Crippen LogP contribution in [-0.4, -0.2) is 30.9 Å². The number of nitrogens with zero attached hydrogens (tertiary/aromatic N) is 1. The number of rotatable bonds is 7. The number of unbranched alkanes of at least 4 members (excludes halogenated alkanes) is 1. The summed E-state index contributed by atoms with van der Waals surface area (Å²) in [5.74, 6) is 0.117. The molecule has 0 heterocycles. The molecule has 1 N–H and O–H groups in total. The summed E-state index contributed by atoms with van der Waals surface area (Å²) in [4.78, 5) is 13.8. The zero-order valence-corrected chi connectivity index (χ0v) is 13.1. The molecule has 1 rings (SSSR count). The van der Waals surface area contributed by atoms with E-state index in [1.807, 2.05) is 29.2 Å². The summed E-state index contributed by atoms with van der Waals surface area (Å²) in [6.45, 7) is 3.85. The Morgan fingerprint density at radius 2 is 2.05 bits per heavy atom. The molecule has 0 aromatic heterocycles. The van der Waals surface area contributed by atoms with Gasteiger partial charge < -0.3 is 10.2 Å². The molecule has 1 aromatic carbocycles. The zero-order valence-electron chi connectivity index (χ0n) is 11.5. The van der Waals surface area contributed by atoms with Crippen LogP contribution in [0.2, 0.25) is 5.02 Å². The number of hydrogen-bond donors (Lipinski definition) is 1. The number of halogens is 2. The van der Waals surface area contributed by atoms with Gasteiger partial charge in [-0.05, 0) is 25.1 Å². The Balaban J connectivity index is 0.00000324. The van der Waals surface area contributed by atoms with Crippen molar-refractivity contribution in [3.8, 4) is 0 Å². The molecule has 0 saturated heterocycles. The SMILES string of the molecule is CCCCN(Cc1ccccc1Cl)C(=O)CNC.Cl. The Hall–Kier alpha value is -0.770. The van der Waals surface area contributed by atoms with Gasteiger partial charge in [-0.15, -0.1) is 12.4 Å². The molecule has 19 heavy (non-hydrogen) atoms. The number of likely N-dealkylation sites (N-methyl/N-ethyl adjacent to an activating group) is 1. The van der Waals surface area contributed by atoms with Gasteiger partial charge in [-0.2, -0.15) is 0 Å². The number of amides is 1. The zero-order chi connectivity index (χ0) is 13.4. The van der Waals surface area contributed by atoms with Crippen LogP contribution in [-0.2, 0) is 11.3 Å². The minimum atomic E-state index is 0. The fraction of sp³-hybridized carbons (Fsp3) is 0.500. The maximum atomic E-state index is 12.0. The van der Waals surface area contributed by atoms with Crippen LogP contribution in [0.4, 0.5) is 0 Å². The number of hydrogen-bond acceptors (Lipinski definition) is 2. The molecule has 0 saturated carbocycles. The van der Waals surface area contributed by atoms with Crippen LogP contribution in [0.25, 0.3) is 0 Å². The molecule has 0 radical (unpaired) electrons. The van der Waals surface area contributed by atoms with Gasteiger partial charge in [0.05, 0.1) is 6.54 Å². The molecular formula is C14H22Cl2N2O. The van der Waals surface area contributed by atoms with Gasteiger partial charge in [0.1, 0.15) is 0 Å². The Bertz CT molecular complexity index is 385. The highest BCUT2D eigenvalue weighted by molar-refractivity contribution is 6.31. The van der Waals surface area contributed by atoms with Crippen molar-refractivity contribution in [1.29, 1.82) is 0 Å². The first-order chi connectivity index (χ1) is 8.69. The molecule has 5 heteroatoms. The van der Waals surface area contributed by atoms with Gasteiger partial charge in [0.25, 0.3) is 0 Å². The average molecular weight is 305 g/mol. The van der Waals surface area contributed by atoms with Crippen molar-refractivity contribution in [2.45, 2.75) is 26.3 Å². The van der Waals surface area contributed by atoms with Crippen LogP contribution >= 0.6 is 24.0 Å². The van der Waals surface area contributed by atoms with E-state index in [2.05, 4.69) is 12.2 Å². The topological polar surface area (TPSA) is 32.3 Å². The Kier molecular flexibility index (Phi) is 9.66. The maximum Gasteiger partial charge on any atom is 0.236 e. The molecule has 0 bridgehead atoms. The van der Waals surface area contributed by atoms with Crippen LogP contribution in [0.5, 0.6) is 0 Å². The molecule has 0 fully saturated rings. The van der Waals surface area contributed by atoms with E-state index in [4.69, 9.17) is 11.6 Å². The standard InChI is InChI=1S/C14H21ClN2O.ClH/c1-3-4-9-17(14(18)10-16-2)11-12-7-5-6-8-13(12)15;/h5-8,16H,3-4,9-11H2,1-2H3;1H. The molecule has 3 nitrogen and oxygen atoms in total. The molecule has 0 aliphatic carbocycles. The quantitative estimate of drug-likeness (QED) is 0.839. The van der Waals surface area contributed by atoms with Crippen molar-refractivity contribution in [3.05, 3.63) is 34.9 Å². The molecule has 0 atom stereocenters. The lowest BCUT2D eigenvalue weighted by Gasteiger charge is -2.23. The smallest absolute Gasteiger partial charge is 0.236 e. The summed E-state index contributed by atoms with van der Waals surface area (Å²) >= 11 is 6.13. The first-order valence-corrected chi connectivity index (χ1v) is 6.72. The molecular weight excluding hydrogens is 283 g/mol. The average Bonchev–Trinajstić information content (AvgIpc) is 2.36. The first-order valence-electron chi connectivity index (χ1n) is 6.34. The van der Waals surface area contributed by atoms with Crippen molar-refractivity contribution >= 4 is 29.9 Å². The first kappa shape index (κ1) is 18.2. The molecule has 1 aromatic rings. The summed E-state index contributed by atoms with van der Waals surface area (Å²) in [5.41, 5.74) is 1.000. The monoisotopic (exact) mass is 304 g/mol. The number of nitrogens with one attached hydrogen (secondary N) is 1. The predicted molar refractivity (Wildman–Crippen MR) is 83.0 cm³/mol. The van der Waals surface area contributed by atoms with Gasteiger partial charge >= 0.3 is 0 Å². The van der Waals surface area contributed by atoms with Crippen molar-refractivity contribution in [2.75, 3.05) is 20.1 Å². The van der Waals surface area contributed by atoms with Crippen molar-refractivity contribution in [3.63, 3.8) is 0 Å². The van der Waals surface area contributed by atoms with E-state index in [0.717, 1.165) is 30.0 Å². The third-order valence-electron chi connectivity index (χ3n) is 2.78. The lowest BCUT2D eigenvalue weighted by molar-refractivity contribution is -0.130. The third kappa shape index (κ3) is 6.28. The molecule has 1 amide bonds. The van der Waals surface area contributed by atoms with Gasteiger partial charge in [0.15, 0.2) is 0 Å². The molecule has 0 spiro atoms. The van der Waals surface area contributed by atoms with E-state index in [9.17, 15) is 4.79 Å². The third-order valence-corrected chi connectivity index (χ3v) is 3.15. The lowest BCUT2D eigenvalue weighted by Crippen LogP contribution is -2.37. The molecule has 0 aliphatic rings. The van der Waals surface area contributed by atoms with Crippen LogP contribution in [0.3, 0.4) is 0 Å². The van der Waals surface area contributed by atoms with E-state index in [1.165, 1.54) is 0 Å². The van der Waals surface area contributed by atoms with Crippen LogP contribution in [0, 0.1) is 0 Å². The largest absolute Gasteiger partial charge is 0.337 e. The second-order valence-electron chi connectivity index (χ2n) is 4.29. The van der Waals surface area contributed by atoms with E-state index in [0.29, 0.717) is 13.1 Å². The van der Waals surface area contributed by atoms with Gasteiger partial charge in [0, 0.05) is 18.1 Å². The van der Waals surface area contributed by atoms with E-state index >= 15 is 0 Å². The van der Waals surface area contributed by atoms with Crippen LogP contribution < -0.4 is 5.32 Å². The molecule has 108 valence electrons. The number of benzene rings is 1. The summed E-state index contributed by atoms with van der Waals surface area (Å²) in [6, 6.07) is 7.67. The summed E-state index contributed by atoms with van der Waals surface area (Å²) < 4.78 is 0. The minimum absolute atomic E-state index is 0. The summed E-state index contributed by atoms with van der Waals surface area (Å²) in [6.07, 6.45) is 2.09. The Labute approximate surface area is 126 Å². The van der Waals surface area contributed by atoms with Gasteiger partial charge in [-0.3, -0.25) is 4.79 Å². The highest BCUT2D eigenvalue weighted by atomic mass is 35.5. The molecule has 0 aliphatic heterocycles. The Morgan fingerprint density at radius 1 is 1.37 bits per heavy atom. The van der Waals surface area contributed by atoms with Gasteiger partial charge in [-0.25, -0.2) is 0 Å². The fourth-order valence-corrected chi connectivity index (χ4v) is 1.93. The predicted octanol–water partition coefficient (Wildman–Crippen LogP) is 3.11. The summed E-state index contributed by atoms with van der Waals surface area (Å²) in [7, 11) is 1.78. The van der Waals surface area contributed by atoms with E-state index in [1.54, 1.807) is 7.05 Å². The Morgan fingerprint density at radius 3 is 2.63 bits per heavy atom. The second kappa shape index (κ2) is 10.1. The van der Waals surface area contributed by atoms with E-state index in [-0.39, 0.29) is 18.3 Å². The number of carbonyl (C=O) groups excluding carboxylic acids is 1. The van der Waals surface area contributed by atoms with Gasteiger partial charge in [0.2, 0.25) is 5.91 Å². The van der Waals surface area contributed by atoms with E-state index < -0.39 is 0 Å². The maximum absolute atomic E-state index is 12.0. The van der Waals surface area contributed by atoms with Crippen molar-refractivity contribution < 1.29 is 4.79 Å².